The molecule has 26 heavy (non-hydrogen) atoms. The number of piperidine rings is 1. The summed E-state index contributed by atoms with van der Waals surface area (Å²) in [6.07, 6.45) is 3.11. The molecule has 7 heteroatoms. The Morgan fingerprint density at radius 2 is 2.08 bits per heavy atom. The van der Waals surface area contributed by atoms with Gasteiger partial charge in [0.2, 0.25) is 5.89 Å². The van der Waals surface area contributed by atoms with Gasteiger partial charge >= 0.3 is 6.03 Å². The molecule has 2 aromatic rings. The number of hydrogen-bond donors (Lipinski definition) is 1. The Kier molecular flexibility index (Phi) is 4.30. The van der Waals surface area contributed by atoms with E-state index in [-0.39, 0.29) is 11.4 Å². The SMILES string of the molecule is COc1ccc(CNC(=O)N2CCC3(CC2)CC3c2noc(C)n2)cc1. The highest BCUT2D eigenvalue weighted by Crippen LogP contribution is 2.64. The summed E-state index contributed by atoms with van der Waals surface area (Å²) in [6, 6.07) is 7.74. The third-order valence-corrected chi connectivity index (χ3v) is 5.69. The summed E-state index contributed by atoms with van der Waals surface area (Å²) in [6.45, 7) is 3.90. The largest absolute Gasteiger partial charge is 0.497 e. The predicted molar refractivity (Wildman–Crippen MR) is 94.9 cm³/mol. The fraction of sp³-hybridized carbons (Fsp3) is 0.526. The van der Waals surface area contributed by atoms with Gasteiger partial charge in [0.25, 0.3) is 0 Å². The van der Waals surface area contributed by atoms with Crippen molar-refractivity contribution in [3.05, 3.63) is 41.5 Å². The van der Waals surface area contributed by atoms with Crippen LogP contribution < -0.4 is 10.1 Å². The molecular weight excluding hydrogens is 332 g/mol. The van der Waals surface area contributed by atoms with Gasteiger partial charge in [-0.3, -0.25) is 0 Å². The second-order valence-electron chi connectivity index (χ2n) is 7.28. The van der Waals surface area contributed by atoms with Gasteiger partial charge in [0.05, 0.1) is 7.11 Å². The van der Waals surface area contributed by atoms with Gasteiger partial charge in [-0.1, -0.05) is 17.3 Å². The van der Waals surface area contributed by atoms with Crippen LogP contribution in [-0.4, -0.2) is 41.3 Å². The van der Waals surface area contributed by atoms with E-state index in [0.29, 0.717) is 18.4 Å². The Labute approximate surface area is 152 Å². The van der Waals surface area contributed by atoms with Crippen LogP contribution in [0.15, 0.2) is 28.8 Å². The van der Waals surface area contributed by atoms with Gasteiger partial charge in [-0.05, 0) is 42.4 Å². The van der Waals surface area contributed by atoms with Gasteiger partial charge in [-0.2, -0.15) is 4.98 Å². The van der Waals surface area contributed by atoms with Crippen molar-refractivity contribution >= 4 is 6.03 Å². The number of carbonyl (C=O) groups excluding carboxylic acids is 1. The maximum Gasteiger partial charge on any atom is 0.317 e. The molecule has 138 valence electrons. The second-order valence-corrected chi connectivity index (χ2v) is 7.28. The third-order valence-electron chi connectivity index (χ3n) is 5.69. The standard InChI is InChI=1S/C19H24N4O3/c1-13-21-17(22-26-13)16-11-19(16)7-9-23(10-8-19)18(24)20-12-14-3-5-15(25-2)6-4-14/h3-6,16H,7-12H2,1-2H3,(H,20,24). The molecule has 0 radical (unpaired) electrons. The average Bonchev–Trinajstić information content (AvgIpc) is 3.18. The molecule has 4 rings (SSSR count). The highest BCUT2D eigenvalue weighted by atomic mass is 16.5. The third kappa shape index (κ3) is 3.25. The summed E-state index contributed by atoms with van der Waals surface area (Å²) in [4.78, 5) is 18.7. The van der Waals surface area contributed by atoms with Crippen LogP contribution in [0.5, 0.6) is 5.75 Å². The van der Waals surface area contributed by atoms with E-state index in [1.807, 2.05) is 36.1 Å². The normalized spacial score (nSPS) is 20.8. The molecular formula is C19H24N4O3. The van der Waals surface area contributed by atoms with E-state index >= 15 is 0 Å². The van der Waals surface area contributed by atoms with Gasteiger partial charge in [-0.25, -0.2) is 4.79 Å². The number of urea groups is 1. The minimum absolute atomic E-state index is 0.00303. The van der Waals surface area contributed by atoms with Crippen molar-refractivity contribution in [1.29, 1.82) is 0 Å². The van der Waals surface area contributed by atoms with E-state index in [1.54, 1.807) is 7.11 Å². The quantitative estimate of drug-likeness (QED) is 0.911. The zero-order valence-corrected chi connectivity index (χ0v) is 15.2. The number of carbonyl (C=O) groups is 1. The number of ether oxygens (including phenoxy) is 1. The molecule has 1 N–H and O–H groups in total. The molecule has 2 heterocycles. The van der Waals surface area contributed by atoms with Crippen LogP contribution in [0.4, 0.5) is 4.79 Å². The van der Waals surface area contributed by atoms with Gasteiger partial charge in [0, 0.05) is 32.5 Å². The van der Waals surface area contributed by atoms with E-state index in [4.69, 9.17) is 9.26 Å². The first kappa shape index (κ1) is 16.9. The molecule has 1 aliphatic carbocycles. The van der Waals surface area contributed by atoms with E-state index in [1.165, 1.54) is 0 Å². The summed E-state index contributed by atoms with van der Waals surface area (Å²) in [5.74, 6) is 2.67. The molecule has 1 saturated carbocycles. The number of nitrogens with zero attached hydrogens (tertiary/aromatic N) is 3. The molecule has 0 bridgehead atoms. The highest BCUT2D eigenvalue weighted by Gasteiger charge is 2.57. The zero-order chi connectivity index (χ0) is 18.1. The molecule has 2 amide bonds. The maximum atomic E-state index is 12.4. The number of amides is 2. The minimum atomic E-state index is 0.00303. The molecule has 1 saturated heterocycles. The molecule has 1 spiro atoms. The van der Waals surface area contributed by atoms with Crippen molar-refractivity contribution < 1.29 is 14.1 Å². The fourth-order valence-electron chi connectivity index (χ4n) is 3.91. The van der Waals surface area contributed by atoms with Crippen molar-refractivity contribution in [2.24, 2.45) is 5.41 Å². The highest BCUT2D eigenvalue weighted by molar-refractivity contribution is 5.74. The van der Waals surface area contributed by atoms with Gasteiger partial charge < -0.3 is 19.5 Å². The summed E-state index contributed by atoms with van der Waals surface area (Å²) >= 11 is 0. The van der Waals surface area contributed by atoms with Crippen LogP contribution in [-0.2, 0) is 6.54 Å². The second kappa shape index (κ2) is 6.63. The lowest BCUT2D eigenvalue weighted by Crippen LogP contribution is -2.44. The number of nitrogens with one attached hydrogen (secondary N) is 1. The molecule has 1 aliphatic heterocycles. The van der Waals surface area contributed by atoms with Crippen LogP contribution in [0.1, 0.15) is 42.5 Å². The van der Waals surface area contributed by atoms with Crippen molar-refractivity contribution in [1.82, 2.24) is 20.4 Å². The molecule has 7 nitrogen and oxygen atoms in total. The smallest absolute Gasteiger partial charge is 0.317 e. The minimum Gasteiger partial charge on any atom is -0.497 e. The van der Waals surface area contributed by atoms with Crippen molar-refractivity contribution in [3.8, 4) is 5.75 Å². The fourth-order valence-corrected chi connectivity index (χ4v) is 3.91. The number of aryl methyl sites for hydroxylation is 1. The summed E-state index contributed by atoms with van der Waals surface area (Å²) in [5, 5.41) is 7.08. The van der Waals surface area contributed by atoms with Crippen molar-refractivity contribution in [3.63, 3.8) is 0 Å². The Hall–Kier alpha value is -2.57. The number of likely N-dealkylation sites (tertiary alicyclic amines) is 1. The van der Waals surface area contributed by atoms with Crippen molar-refractivity contribution in [2.75, 3.05) is 20.2 Å². The summed E-state index contributed by atoms with van der Waals surface area (Å²) < 4.78 is 10.3. The van der Waals surface area contributed by atoms with Crippen LogP contribution in [0.2, 0.25) is 0 Å². The molecule has 1 aromatic heterocycles. The van der Waals surface area contributed by atoms with Gasteiger partial charge in [0.1, 0.15) is 5.75 Å². The number of aromatic nitrogens is 2. The summed E-state index contributed by atoms with van der Waals surface area (Å²) in [5.41, 5.74) is 1.32. The topological polar surface area (TPSA) is 80.5 Å². The van der Waals surface area contributed by atoms with Crippen LogP contribution >= 0.6 is 0 Å². The number of hydrogen-bond acceptors (Lipinski definition) is 5. The van der Waals surface area contributed by atoms with Crippen LogP contribution in [0.3, 0.4) is 0 Å². The monoisotopic (exact) mass is 356 g/mol. The molecule has 2 fully saturated rings. The first-order valence-electron chi connectivity index (χ1n) is 9.05. The first-order chi connectivity index (χ1) is 12.6. The van der Waals surface area contributed by atoms with Crippen LogP contribution in [0.25, 0.3) is 0 Å². The molecule has 2 aliphatic rings. The molecule has 1 unspecified atom stereocenters. The predicted octanol–water partition coefficient (Wildman–Crippen LogP) is 2.87. The Morgan fingerprint density at radius 3 is 2.69 bits per heavy atom. The van der Waals surface area contributed by atoms with Gasteiger partial charge in [0.15, 0.2) is 5.82 Å². The number of rotatable bonds is 4. The van der Waals surface area contributed by atoms with E-state index in [2.05, 4.69) is 15.5 Å². The number of methoxy groups -OCH3 is 1. The Bertz CT molecular complexity index is 778. The summed E-state index contributed by atoms with van der Waals surface area (Å²) in [7, 11) is 1.64. The zero-order valence-electron chi connectivity index (χ0n) is 15.2. The maximum absolute atomic E-state index is 12.4. The van der Waals surface area contributed by atoms with E-state index in [0.717, 1.165) is 49.5 Å². The van der Waals surface area contributed by atoms with Crippen molar-refractivity contribution in [2.45, 2.75) is 38.6 Å². The number of benzene rings is 1. The lowest BCUT2D eigenvalue weighted by molar-refractivity contribution is 0.162. The lowest BCUT2D eigenvalue weighted by atomic mass is 9.91. The first-order valence-corrected chi connectivity index (χ1v) is 9.05. The Morgan fingerprint density at radius 1 is 1.35 bits per heavy atom. The molecule has 1 atom stereocenters. The van der Waals surface area contributed by atoms with E-state index in [9.17, 15) is 4.79 Å². The van der Waals surface area contributed by atoms with E-state index < -0.39 is 0 Å². The van der Waals surface area contributed by atoms with Crippen LogP contribution in [0, 0.1) is 12.3 Å². The molecule has 1 aromatic carbocycles. The lowest BCUT2D eigenvalue weighted by Gasteiger charge is -2.32. The Balaban J connectivity index is 1.26. The van der Waals surface area contributed by atoms with Gasteiger partial charge in [-0.15, -0.1) is 0 Å². The average molecular weight is 356 g/mol.